The maximum Gasteiger partial charge on any atom is 0.306 e. The number of hydrogen-bond acceptors (Lipinski definition) is 5. The summed E-state index contributed by atoms with van der Waals surface area (Å²) < 4.78 is 4.81. The molecule has 1 rings (SSSR count). The number of piperidine rings is 1. The van der Waals surface area contributed by atoms with E-state index >= 15 is 0 Å². The van der Waals surface area contributed by atoms with E-state index in [1.54, 1.807) is 6.92 Å². The standard InChI is InChI=1S/C11H20N2O4.C2H6.CH4/c1-3-17-10(14)4-5-11(13(15)16)6-8-12(2)9-7-11;1-2;/h3-9H2,1-2H3;1-2H3;1H4. The molecular weight excluding hydrogens is 260 g/mol. The van der Waals surface area contributed by atoms with E-state index in [0.717, 1.165) is 0 Å². The van der Waals surface area contributed by atoms with Crippen LogP contribution in [-0.4, -0.2) is 48.1 Å². The van der Waals surface area contributed by atoms with Crippen molar-refractivity contribution in [2.45, 2.75) is 59.4 Å². The maximum atomic E-state index is 11.3. The van der Waals surface area contributed by atoms with Crippen LogP contribution >= 0.6 is 0 Å². The molecule has 1 saturated heterocycles. The Morgan fingerprint density at radius 2 is 1.85 bits per heavy atom. The summed E-state index contributed by atoms with van der Waals surface area (Å²) >= 11 is 0. The largest absolute Gasteiger partial charge is 0.466 e. The molecule has 6 heteroatoms. The maximum absolute atomic E-state index is 11.3. The second-order valence-corrected chi connectivity index (χ2v) is 4.59. The second kappa shape index (κ2) is 10.6. The first kappa shape index (κ1) is 21.1. The van der Waals surface area contributed by atoms with Gasteiger partial charge in [0.1, 0.15) is 0 Å². The summed E-state index contributed by atoms with van der Waals surface area (Å²) in [5.41, 5.74) is -0.931. The van der Waals surface area contributed by atoms with Crippen molar-refractivity contribution < 1.29 is 14.5 Å². The monoisotopic (exact) mass is 290 g/mol. The zero-order valence-electron chi connectivity index (χ0n) is 12.5. The summed E-state index contributed by atoms with van der Waals surface area (Å²) in [5.74, 6) is -0.340. The normalized spacial score (nSPS) is 17.2. The van der Waals surface area contributed by atoms with E-state index in [4.69, 9.17) is 4.74 Å². The minimum absolute atomic E-state index is 0. The fraction of sp³-hybridized carbons (Fsp3) is 0.929. The molecule has 0 amide bonds. The van der Waals surface area contributed by atoms with Crippen LogP contribution in [0, 0.1) is 10.1 Å². The Kier molecular flexibility index (Phi) is 11.2. The molecule has 0 bridgehead atoms. The average Bonchev–Trinajstić information content (AvgIpc) is 2.41. The van der Waals surface area contributed by atoms with Crippen LogP contribution in [0.3, 0.4) is 0 Å². The van der Waals surface area contributed by atoms with Crippen LogP contribution in [0.2, 0.25) is 0 Å². The van der Waals surface area contributed by atoms with Gasteiger partial charge in [-0.15, -0.1) is 0 Å². The van der Waals surface area contributed by atoms with Gasteiger partial charge in [-0.05, 0) is 14.0 Å². The van der Waals surface area contributed by atoms with Crippen molar-refractivity contribution in [1.82, 2.24) is 4.90 Å². The highest BCUT2D eigenvalue weighted by molar-refractivity contribution is 5.69. The van der Waals surface area contributed by atoms with Crippen LogP contribution in [0.5, 0.6) is 0 Å². The molecule has 6 nitrogen and oxygen atoms in total. The predicted octanol–water partition coefficient (Wildman–Crippen LogP) is 2.73. The summed E-state index contributed by atoms with van der Waals surface area (Å²) in [6.07, 6.45) is 1.44. The number of ether oxygens (including phenoxy) is 1. The number of nitro groups is 1. The van der Waals surface area contributed by atoms with Gasteiger partial charge in [0.2, 0.25) is 5.54 Å². The van der Waals surface area contributed by atoms with Gasteiger partial charge < -0.3 is 9.64 Å². The van der Waals surface area contributed by atoms with Crippen molar-refractivity contribution in [2.75, 3.05) is 26.7 Å². The SMILES string of the molecule is C.CC.CCOC(=O)CCC1([N+](=O)[O-])CCN(C)CC1. The van der Waals surface area contributed by atoms with Crippen molar-refractivity contribution >= 4 is 5.97 Å². The summed E-state index contributed by atoms with van der Waals surface area (Å²) in [4.78, 5) is 24.3. The van der Waals surface area contributed by atoms with Crippen molar-refractivity contribution in [3.63, 3.8) is 0 Å². The summed E-state index contributed by atoms with van der Waals surface area (Å²) in [5, 5.41) is 11.2. The molecule has 0 N–H and O–H groups in total. The van der Waals surface area contributed by atoms with Gasteiger partial charge in [0.05, 0.1) is 13.0 Å². The van der Waals surface area contributed by atoms with E-state index in [-0.39, 0.29) is 31.2 Å². The van der Waals surface area contributed by atoms with Crippen LogP contribution in [-0.2, 0) is 9.53 Å². The topological polar surface area (TPSA) is 72.7 Å². The van der Waals surface area contributed by atoms with Gasteiger partial charge in [-0.25, -0.2) is 0 Å². The molecule has 1 aliphatic heterocycles. The lowest BCUT2D eigenvalue weighted by Crippen LogP contribution is -2.48. The Morgan fingerprint density at radius 1 is 1.35 bits per heavy atom. The Bertz CT molecular complexity index is 287. The van der Waals surface area contributed by atoms with Crippen molar-refractivity contribution in [1.29, 1.82) is 0 Å². The Morgan fingerprint density at radius 3 is 2.25 bits per heavy atom. The van der Waals surface area contributed by atoms with E-state index in [1.165, 1.54) is 0 Å². The third-order valence-corrected chi connectivity index (χ3v) is 3.40. The Hall–Kier alpha value is -1.17. The molecular formula is C14H30N2O4. The molecule has 1 aliphatic rings. The van der Waals surface area contributed by atoms with Crippen LogP contribution in [0.1, 0.15) is 53.9 Å². The van der Waals surface area contributed by atoms with Crippen LogP contribution in [0.4, 0.5) is 0 Å². The lowest BCUT2D eigenvalue weighted by Gasteiger charge is -2.33. The molecule has 0 aromatic carbocycles. The predicted molar refractivity (Wildman–Crippen MR) is 80.4 cm³/mol. The van der Waals surface area contributed by atoms with Gasteiger partial charge in [-0.2, -0.15) is 0 Å². The number of carbonyl (C=O) groups excluding carboxylic acids is 1. The van der Waals surface area contributed by atoms with E-state index in [0.29, 0.717) is 32.5 Å². The molecule has 0 atom stereocenters. The first-order valence-corrected chi connectivity index (χ1v) is 6.99. The fourth-order valence-corrected chi connectivity index (χ4v) is 2.13. The number of likely N-dealkylation sites (tertiary alicyclic amines) is 1. The summed E-state index contributed by atoms with van der Waals surface area (Å²) in [6, 6.07) is 0. The number of rotatable bonds is 5. The van der Waals surface area contributed by atoms with E-state index in [9.17, 15) is 14.9 Å². The molecule has 0 aromatic rings. The Balaban J connectivity index is 0. The van der Waals surface area contributed by atoms with Crippen LogP contribution < -0.4 is 0 Å². The van der Waals surface area contributed by atoms with E-state index in [2.05, 4.69) is 4.90 Å². The van der Waals surface area contributed by atoms with Crippen molar-refractivity contribution in [3.8, 4) is 0 Å². The van der Waals surface area contributed by atoms with E-state index in [1.807, 2.05) is 20.9 Å². The number of nitrogens with zero attached hydrogens (tertiary/aromatic N) is 2. The molecule has 0 radical (unpaired) electrons. The molecule has 0 aliphatic carbocycles. The van der Waals surface area contributed by atoms with Crippen LogP contribution in [0.25, 0.3) is 0 Å². The molecule has 0 unspecified atom stereocenters. The lowest BCUT2D eigenvalue weighted by molar-refractivity contribution is -0.576. The molecule has 0 spiro atoms. The van der Waals surface area contributed by atoms with E-state index < -0.39 is 5.54 Å². The highest BCUT2D eigenvalue weighted by Crippen LogP contribution is 2.30. The third kappa shape index (κ3) is 6.32. The van der Waals surface area contributed by atoms with Crippen molar-refractivity contribution in [2.24, 2.45) is 0 Å². The summed E-state index contributed by atoms with van der Waals surface area (Å²) in [7, 11) is 1.95. The average molecular weight is 290 g/mol. The highest BCUT2D eigenvalue weighted by atomic mass is 16.6. The zero-order chi connectivity index (χ0) is 14.9. The highest BCUT2D eigenvalue weighted by Gasteiger charge is 2.44. The number of hydrogen-bond donors (Lipinski definition) is 0. The van der Waals surface area contributed by atoms with Gasteiger partial charge in [0.15, 0.2) is 0 Å². The van der Waals surface area contributed by atoms with Gasteiger partial charge in [0, 0.05) is 37.3 Å². The Labute approximate surface area is 122 Å². The second-order valence-electron chi connectivity index (χ2n) is 4.59. The number of carbonyl (C=O) groups is 1. The van der Waals surface area contributed by atoms with Crippen LogP contribution in [0.15, 0.2) is 0 Å². The minimum atomic E-state index is -0.931. The van der Waals surface area contributed by atoms with Gasteiger partial charge >= 0.3 is 5.97 Å². The smallest absolute Gasteiger partial charge is 0.306 e. The molecule has 20 heavy (non-hydrogen) atoms. The first-order valence-electron chi connectivity index (χ1n) is 6.99. The lowest BCUT2D eigenvalue weighted by atomic mass is 9.84. The third-order valence-electron chi connectivity index (χ3n) is 3.40. The first-order chi connectivity index (χ1) is 9.00. The zero-order valence-corrected chi connectivity index (χ0v) is 12.5. The summed E-state index contributed by atoms with van der Waals surface area (Å²) in [6.45, 7) is 7.48. The fourth-order valence-electron chi connectivity index (χ4n) is 2.13. The van der Waals surface area contributed by atoms with Gasteiger partial charge in [-0.3, -0.25) is 14.9 Å². The van der Waals surface area contributed by atoms with Crippen molar-refractivity contribution in [3.05, 3.63) is 10.1 Å². The van der Waals surface area contributed by atoms with Gasteiger partial charge in [0.25, 0.3) is 0 Å². The molecule has 1 heterocycles. The molecule has 120 valence electrons. The molecule has 0 aromatic heterocycles. The number of esters is 1. The molecule has 1 fully saturated rings. The quantitative estimate of drug-likeness (QED) is 0.442. The van der Waals surface area contributed by atoms with Gasteiger partial charge in [-0.1, -0.05) is 21.3 Å². The molecule has 0 saturated carbocycles. The minimum Gasteiger partial charge on any atom is -0.466 e.